The van der Waals surface area contributed by atoms with Gasteiger partial charge in [-0.15, -0.1) is 0 Å². The van der Waals surface area contributed by atoms with E-state index in [1.807, 2.05) is 24.3 Å². The molecule has 1 heterocycles. The lowest BCUT2D eigenvalue weighted by Gasteiger charge is -2.09. The highest BCUT2D eigenvalue weighted by Crippen LogP contribution is 2.17. The molecule has 0 aliphatic heterocycles. The molecule has 0 saturated carbocycles. The minimum Gasteiger partial charge on any atom is -0.317 e. The first-order valence-electron chi connectivity index (χ1n) is 7.17. The zero-order valence-corrected chi connectivity index (χ0v) is 13.0. The van der Waals surface area contributed by atoms with E-state index in [1.165, 1.54) is 0 Å². The van der Waals surface area contributed by atoms with Crippen LogP contribution in [-0.2, 0) is 10.0 Å². The average molecular weight is 307 g/mol. The first kappa shape index (κ1) is 15.7. The molecule has 2 aromatic rings. The van der Waals surface area contributed by atoms with Gasteiger partial charge in [0.15, 0.2) is 0 Å². The SMILES string of the molecule is CCCNCCCS(=O)(=O)Nc1cnc2ccccc2c1. The lowest BCUT2D eigenvalue weighted by Crippen LogP contribution is -2.22. The van der Waals surface area contributed by atoms with Crippen LogP contribution in [0.1, 0.15) is 19.8 Å². The van der Waals surface area contributed by atoms with E-state index in [-0.39, 0.29) is 5.75 Å². The maximum Gasteiger partial charge on any atom is 0.232 e. The average Bonchev–Trinajstić information content (AvgIpc) is 2.46. The van der Waals surface area contributed by atoms with Crippen LogP contribution in [-0.4, -0.2) is 32.2 Å². The number of benzene rings is 1. The van der Waals surface area contributed by atoms with Crippen molar-refractivity contribution < 1.29 is 8.42 Å². The molecule has 0 fully saturated rings. The molecule has 1 aromatic heterocycles. The monoisotopic (exact) mass is 307 g/mol. The van der Waals surface area contributed by atoms with Gasteiger partial charge in [0.25, 0.3) is 0 Å². The Hall–Kier alpha value is -1.66. The highest BCUT2D eigenvalue weighted by atomic mass is 32.2. The van der Waals surface area contributed by atoms with Crippen LogP contribution >= 0.6 is 0 Å². The third-order valence-corrected chi connectivity index (χ3v) is 4.43. The summed E-state index contributed by atoms with van der Waals surface area (Å²) in [7, 11) is -3.32. The molecule has 2 rings (SSSR count). The Kier molecular flexibility index (Phi) is 5.52. The molecular weight excluding hydrogens is 286 g/mol. The van der Waals surface area contributed by atoms with E-state index in [9.17, 15) is 8.42 Å². The van der Waals surface area contributed by atoms with E-state index in [2.05, 4.69) is 21.9 Å². The summed E-state index contributed by atoms with van der Waals surface area (Å²) in [5, 5.41) is 4.11. The molecular formula is C15H21N3O2S. The number of hydrogen-bond donors (Lipinski definition) is 2. The number of fused-ring (bicyclic) bond motifs is 1. The van der Waals surface area contributed by atoms with E-state index < -0.39 is 10.0 Å². The van der Waals surface area contributed by atoms with Crippen molar-refractivity contribution in [3.05, 3.63) is 36.5 Å². The van der Waals surface area contributed by atoms with Gasteiger partial charge in [0, 0.05) is 5.39 Å². The number of aromatic nitrogens is 1. The summed E-state index contributed by atoms with van der Waals surface area (Å²) >= 11 is 0. The zero-order chi connectivity index (χ0) is 15.1. The van der Waals surface area contributed by atoms with Crippen molar-refractivity contribution in [3.63, 3.8) is 0 Å². The molecule has 0 aliphatic rings. The molecule has 0 bridgehead atoms. The fourth-order valence-corrected chi connectivity index (χ4v) is 3.14. The number of pyridine rings is 1. The van der Waals surface area contributed by atoms with Gasteiger partial charge in [0.05, 0.1) is 23.2 Å². The third-order valence-electron chi connectivity index (χ3n) is 3.06. The highest BCUT2D eigenvalue weighted by Gasteiger charge is 2.10. The summed E-state index contributed by atoms with van der Waals surface area (Å²) in [5.41, 5.74) is 1.36. The lowest BCUT2D eigenvalue weighted by molar-refractivity contribution is 0.593. The van der Waals surface area contributed by atoms with Gasteiger partial charge in [-0.2, -0.15) is 0 Å². The first-order valence-corrected chi connectivity index (χ1v) is 8.82. The predicted octanol–water partition coefficient (Wildman–Crippen LogP) is 2.37. The Balaban J connectivity index is 1.95. The van der Waals surface area contributed by atoms with Crippen molar-refractivity contribution in [1.82, 2.24) is 10.3 Å². The number of hydrogen-bond acceptors (Lipinski definition) is 4. The normalized spacial score (nSPS) is 11.7. The molecule has 0 amide bonds. The Morgan fingerprint density at radius 3 is 2.81 bits per heavy atom. The number of rotatable bonds is 8. The first-order chi connectivity index (χ1) is 10.1. The van der Waals surface area contributed by atoms with Crippen molar-refractivity contribution in [2.24, 2.45) is 0 Å². The number of para-hydroxylation sites is 1. The van der Waals surface area contributed by atoms with E-state index in [4.69, 9.17) is 0 Å². The summed E-state index contributed by atoms with van der Waals surface area (Å²) in [6.45, 7) is 3.71. The minimum absolute atomic E-state index is 0.108. The molecule has 0 unspecified atom stereocenters. The fourth-order valence-electron chi connectivity index (χ4n) is 2.05. The summed E-state index contributed by atoms with van der Waals surface area (Å²) in [5.74, 6) is 0.108. The van der Waals surface area contributed by atoms with Crippen LogP contribution in [0, 0.1) is 0 Å². The van der Waals surface area contributed by atoms with E-state index in [0.29, 0.717) is 18.7 Å². The number of nitrogens with one attached hydrogen (secondary N) is 2. The van der Waals surface area contributed by atoms with E-state index >= 15 is 0 Å². The van der Waals surface area contributed by atoms with Gasteiger partial charge in [-0.05, 0) is 38.1 Å². The van der Waals surface area contributed by atoms with Crippen LogP contribution in [0.5, 0.6) is 0 Å². The Morgan fingerprint density at radius 1 is 1.19 bits per heavy atom. The number of anilines is 1. The molecule has 6 heteroatoms. The second-order valence-corrected chi connectivity index (χ2v) is 6.78. The van der Waals surface area contributed by atoms with Gasteiger partial charge in [-0.1, -0.05) is 25.1 Å². The second-order valence-electron chi connectivity index (χ2n) is 4.94. The second kappa shape index (κ2) is 7.38. The maximum absolute atomic E-state index is 12.0. The molecule has 0 saturated heterocycles. The van der Waals surface area contributed by atoms with Crippen LogP contribution in [0.15, 0.2) is 36.5 Å². The largest absolute Gasteiger partial charge is 0.317 e. The van der Waals surface area contributed by atoms with Gasteiger partial charge in [0.1, 0.15) is 0 Å². The zero-order valence-electron chi connectivity index (χ0n) is 12.2. The standard InChI is InChI=1S/C15H21N3O2S/c1-2-8-16-9-5-10-21(19,20)18-14-11-13-6-3-4-7-15(13)17-12-14/h3-4,6-7,11-12,16,18H,2,5,8-10H2,1H3. The van der Waals surface area contributed by atoms with Crippen LogP contribution in [0.2, 0.25) is 0 Å². The van der Waals surface area contributed by atoms with Crippen LogP contribution in [0.25, 0.3) is 10.9 Å². The topological polar surface area (TPSA) is 71.1 Å². The van der Waals surface area contributed by atoms with E-state index in [0.717, 1.165) is 23.9 Å². The smallest absolute Gasteiger partial charge is 0.232 e. The predicted molar refractivity (Wildman–Crippen MR) is 86.9 cm³/mol. The molecule has 0 spiro atoms. The molecule has 1 aromatic carbocycles. The van der Waals surface area contributed by atoms with Crippen molar-refractivity contribution in [2.75, 3.05) is 23.6 Å². The van der Waals surface area contributed by atoms with E-state index in [1.54, 1.807) is 12.3 Å². The van der Waals surface area contributed by atoms with Gasteiger partial charge >= 0.3 is 0 Å². The number of sulfonamides is 1. The molecule has 21 heavy (non-hydrogen) atoms. The quantitative estimate of drug-likeness (QED) is 0.735. The maximum atomic E-state index is 12.0. The fraction of sp³-hybridized carbons (Fsp3) is 0.400. The van der Waals surface area contributed by atoms with Crippen LogP contribution in [0.3, 0.4) is 0 Å². The molecule has 114 valence electrons. The molecule has 5 nitrogen and oxygen atoms in total. The molecule has 0 radical (unpaired) electrons. The molecule has 0 atom stereocenters. The summed E-state index contributed by atoms with van der Waals surface area (Å²) in [6, 6.07) is 9.42. The van der Waals surface area contributed by atoms with Crippen LogP contribution in [0.4, 0.5) is 5.69 Å². The number of nitrogens with zero attached hydrogens (tertiary/aromatic N) is 1. The van der Waals surface area contributed by atoms with Crippen molar-refractivity contribution in [3.8, 4) is 0 Å². The summed E-state index contributed by atoms with van der Waals surface area (Å²) in [4.78, 5) is 4.25. The van der Waals surface area contributed by atoms with Crippen molar-refractivity contribution >= 4 is 26.6 Å². The Morgan fingerprint density at radius 2 is 2.00 bits per heavy atom. The Bertz CT molecular complexity index is 686. The molecule has 0 aliphatic carbocycles. The summed E-state index contributed by atoms with van der Waals surface area (Å²) in [6.07, 6.45) is 3.19. The van der Waals surface area contributed by atoms with Crippen LogP contribution < -0.4 is 10.0 Å². The van der Waals surface area contributed by atoms with Gasteiger partial charge in [0.2, 0.25) is 10.0 Å². The highest BCUT2D eigenvalue weighted by molar-refractivity contribution is 7.92. The minimum atomic E-state index is -3.32. The molecule has 2 N–H and O–H groups in total. The lowest BCUT2D eigenvalue weighted by atomic mass is 10.2. The van der Waals surface area contributed by atoms with Crippen molar-refractivity contribution in [1.29, 1.82) is 0 Å². The van der Waals surface area contributed by atoms with Gasteiger partial charge in [-0.25, -0.2) is 8.42 Å². The Labute approximate surface area is 125 Å². The van der Waals surface area contributed by atoms with Crippen molar-refractivity contribution in [2.45, 2.75) is 19.8 Å². The van der Waals surface area contributed by atoms with Gasteiger partial charge in [-0.3, -0.25) is 9.71 Å². The third kappa shape index (κ3) is 4.99. The van der Waals surface area contributed by atoms with Gasteiger partial charge < -0.3 is 5.32 Å². The summed E-state index contributed by atoms with van der Waals surface area (Å²) < 4.78 is 26.6.